The molecule has 4 heteroatoms. The maximum Gasteiger partial charge on any atom is 0.258 e. The minimum Gasteiger partial charge on any atom is -0.484 e. The Hall–Kier alpha value is -2.02. The topological polar surface area (TPSA) is 62.1 Å². The first-order valence-electron chi connectivity index (χ1n) is 7.58. The van der Waals surface area contributed by atoms with E-state index in [9.17, 15) is 4.79 Å². The molecule has 0 unspecified atom stereocenters. The fraction of sp³-hybridized carbons (Fsp3) is 0.529. The van der Waals surface area contributed by atoms with Crippen LogP contribution in [-0.4, -0.2) is 18.6 Å². The molecule has 21 heavy (non-hydrogen) atoms. The molecule has 0 aliphatic heterocycles. The van der Waals surface area contributed by atoms with Gasteiger partial charge < -0.3 is 10.1 Å². The van der Waals surface area contributed by atoms with Crippen LogP contribution in [0.2, 0.25) is 0 Å². The molecule has 114 valence electrons. The highest BCUT2D eigenvalue weighted by atomic mass is 16.5. The molecule has 0 aliphatic carbocycles. The highest BCUT2D eigenvalue weighted by molar-refractivity contribution is 5.77. The lowest BCUT2D eigenvalue weighted by molar-refractivity contribution is -0.123. The summed E-state index contributed by atoms with van der Waals surface area (Å²) in [5.41, 5.74) is 0.576. The van der Waals surface area contributed by atoms with Gasteiger partial charge in [0, 0.05) is 6.04 Å². The van der Waals surface area contributed by atoms with Crippen LogP contribution < -0.4 is 10.1 Å². The molecular formula is C17H24N2O2. The lowest BCUT2D eigenvalue weighted by Crippen LogP contribution is -2.36. The van der Waals surface area contributed by atoms with Crippen molar-refractivity contribution in [1.82, 2.24) is 5.32 Å². The number of unbranched alkanes of at least 4 members (excludes halogenated alkanes) is 3. The molecule has 0 fully saturated rings. The SMILES string of the molecule is CCCCCC[C@@H](C)NC(=O)COc1ccc(C#N)cc1. The van der Waals surface area contributed by atoms with E-state index >= 15 is 0 Å². The van der Waals surface area contributed by atoms with Crippen LogP contribution in [0.1, 0.15) is 51.5 Å². The number of hydrogen-bond acceptors (Lipinski definition) is 3. The van der Waals surface area contributed by atoms with Gasteiger partial charge in [0.15, 0.2) is 6.61 Å². The summed E-state index contributed by atoms with van der Waals surface area (Å²) in [4.78, 5) is 11.8. The van der Waals surface area contributed by atoms with Gasteiger partial charge in [-0.15, -0.1) is 0 Å². The average molecular weight is 288 g/mol. The third kappa shape index (κ3) is 7.36. The van der Waals surface area contributed by atoms with Gasteiger partial charge in [0.2, 0.25) is 0 Å². The first-order valence-corrected chi connectivity index (χ1v) is 7.58. The van der Waals surface area contributed by atoms with Crippen molar-refractivity contribution < 1.29 is 9.53 Å². The van der Waals surface area contributed by atoms with Gasteiger partial charge in [0.1, 0.15) is 5.75 Å². The summed E-state index contributed by atoms with van der Waals surface area (Å²) in [6.07, 6.45) is 5.84. The molecule has 0 heterocycles. The third-order valence-electron chi connectivity index (χ3n) is 3.25. The summed E-state index contributed by atoms with van der Waals surface area (Å²) in [5, 5.41) is 11.6. The Morgan fingerprint density at radius 2 is 2.00 bits per heavy atom. The molecule has 0 aromatic heterocycles. The summed E-state index contributed by atoms with van der Waals surface area (Å²) in [6, 6.07) is 8.95. The van der Waals surface area contributed by atoms with Crippen LogP contribution in [0.5, 0.6) is 5.75 Å². The summed E-state index contributed by atoms with van der Waals surface area (Å²) in [7, 11) is 0. The van der Waals surface area contributed by atoms with Crippen LogP contribution in [0.25, 0.3) is 0 Å². The van der Waals surface area contributed by atoms with Gasteiger partial charge in [-0.3, -0.25) is 4.79 Å². The van der Waals surface area contributed by atoms with Crippen molar-refractivity contribution in [3.63, 3.8) is 0 Å². The van der Waals surface area contributed by atoms with Crippen LogP contribution in [0.15, 0.2) is 24.3 Å². The Labute approximate surface area is 127 Å². The lowest BCUT2D eigenvalue weighted by Gasteiger charge is -2.14. The maximum atomic E-state index is 11.8. The minimum absolute atomic E-state index is 0.00516. The van der Waals surface area contributed by atoms with Crippen molar-refractivity contribution in [3.05, 3.63) is 29.8 Å². The van der Waals surface area contributed by atoms with Gasteiger partial charge in [-0.05, 0) is 37.6 Å². The number of benzene rings is 1. The second-order valence-corrected chi connectivity index (χ2v) is 5.24. The van der Waals surface area contributed by atoms with E-state index in [0.717, 1.165) is 12.8 Å². The number of rotatable bonds is 9. The molecule has 0 radical (unpaired) electrons. The molecule has 1 rings (SSSR count). The van der Waals surface area contributed by atoms with Crippen LogP contribution >= 0.6 is 0 Å². The molecule has 1 atom stereocenters. The predicted octanol–water partition coefficient (Wildman–Crippen LogP) is 3.41. The molecule has 0 spiro atoms. The fourth-order valence-electron chi connectivity index (χ4n) is 2.04. The second-order valence-electron chi connectivity index (χ2n) is 5.24. The third-order valence-corrected chi connectivity index (χ3v) is 3.25. The molecule has 1 aromatic rings. The van der Waals surface area contributed by atoms with Gasteiger partial charge in [-0.25, -0.2) is 0 Å². The number of nitrogens with zero attached hydrogens (tertiary/aromatic N) is 1. The Morgan fingerprint density at radius 1 is 1.29 bits per heavy atom. The van der Waals surface area contributed by atoms with Crippen molar-refractivity contribution in [2.24, 2.45) is 0 Å². The van der Waals surface area contributed by atoms with E-state index in [4.69, 9.17) is 10.00 Å². The summed E-state index contributed by atoms with van der Waals surface area (Å²) >= 11 is 0. The second kappa shape index (κ2) is 9.82. The minimum atomic E-state index is -0.109. The lowest BCUT2D eigenvalue weighted by atomic mass is 10.1. The number of hydrogen-bond donors (Lipinski definition) is 1. The van der Waals surface area contributed by atoms with Crippen molar-refractivity contribution in [3.8, 4) is 11.8 Å². The zero-order valence-electron chi connectivity index (χ0n) is 12.9. The van der Waals surface area contributed by atoms with Gasteiger partial charge in [0.25, 0.3) is 5.91 Å². The maximum absolute atomic E-state index is 11.8. The Kier molecular flexibility index (Phi) is 7.96. The summed E-state index contributed by atoms with van der Waals surface area (Å²) < 4.78 is 5.39. The van der Waals surface area contributed by atoms with Crippen LogP contribution in [0, 0.1) is 11.3 Å². The number of amides is 1. The van der Waals surface area contributed by atoms with Gasteiger partial charge in [-0.1, -0.05) is 32.6 Å². The molecule has 4 nitrogen and oxygen atoms in total. The molecule has 0 aliphatic rings. The largest absolute Gasteiger partial charge is 0.484 e. The Bertz CT molecular complexity index is 463. The normalized spacial score (nSPS) is 11.5. The number of carbonyl (C=O) groups is 1. The molecule has 1 aromatic carbocycles. The predicted molar refractivity (Wildman–Crippen MR) is 83.0 cm³/mol. The monoisotopic (exact) mass is 288 g/mol. The highest BCUT2D eigenvalue weighted by Gasteiger charge is 2.07. The molecule has 0 bridgehead atoms. The first-order chi connectivity index (χ1) is 10.2. The van der Waals surface area contributed by atoms with Crippen molar-refractivity contribution >= 4 is 5.91 Å². The van der Waals surface area contributed by atoms with Crippen LogP contribution in [0.4, 0.5) is 0 Å². The number of nitrogens with one attached hydrogen (secondary N) is 1. The van der Waals surface area contributed by atoms with E-state index in [0.29, 0.717) is 11.3 Å². The smallest absolute Gasteiger partial charge is 0.258 e. The van der Waals surface area contributed by atoms with E-state index in [1.807, 2.05) is 13.0 Å². The van der Waals surface area contributed by atoms with E-state index in [2.05, 4.69) is 12.2 Å². The van der Waals surface area contributed by atoms with Gasteiger partial charge >= 0.3 is 0 Å². The van der Waals surface area contributed by atoms with Crippen molar-refractivity contribution in [1.29, 1.82) is 5.26 Å². The van der Waals surface area contributed by atoms with Crippen molar-refractivity contribution in [2.75, 3.05) is 6.61 Å². The van der Waals surface area contributed by atoms with Crippen LogP contribution in [-0.2, 0) is 4.79 Å². The van der Waals surface area contributed by atoms with E-state index in [-0.39, 0.29) is 18.6 Å². The quantitative estimate of drug-likeness (QED) is 0.708. The van der Waals surface area contributed by atoms with Crippen molar-refractivity contribution in [2.45, 2.75) is 52.0 Å². The summed E-state index contributed by atoms with van der Waals surface area (Å²) in [5.74, 6) is 0.488. The zero-order valence-corrected chi connectivity index (χ0v) is 12.9. The standard InChI is InChI=1S/C17H24N2O2/c1-3-4-5-6-7-14(2)19-17(20)13-21-16-10-8-15(12-18)9-11-16/h8-11,14H,3-7,13H2,1-2H3,(H,19,20)/t14-/m1/s1. The van der Waals surface area contributed by atoms with Crippen LogP contribution in [0.3, 0.4) is 0 Å². The molecule has 0 saturated heterocycles. The van der Waals surface area contributed by atoms with E-state index in [1.165, 1.54) is 19.3 Å². The highest BCUT2D eigenvalue weighted by Crippen LogP contribution is 2.11. The summed E-state index contributed by atoms with van der Waals surface area (Å²) in [6.45, 7) is 4.21. The van der Waals surface area contributed by atoms with Gasteiger partial charge in [0.05, 0.1) is 11.6 Å². The molecule has 0 saturated carbocycles. The van der Waals surface area contributed by atoms with E-state index in [1.54, 1.807) is 24.3 Å². The average Bonchev–Trinajstić information content (AvgIpc) is 2.50. The molecular weight excluding hydrogens is 264 g/mol. The van der Waals surface area contributed by atoms with E-state index < -0.39 is 0 Å². The Morgan fingerprint density at radius 3 is 2.62 bits per heavy atom. The Balaban J connectivity index is 2.22. The fourth-order valence-corrected chi connectivity index (χ4v) is 2.04. The van der Waals surface area contributed by atoms with Gasteiger partial charge in [-0.2, -0.15) is 5.26 Å². The first kappa shape index (κ1) is 17.0. The molecule has 1 N–H and O–H groups in total. The zero-order chi connectivity index (χ0) is 15.5. The number of ether oxygens (including phenoxy) is 1. The number of carbonyl (C=O) groups excluding carboxylic acids is 1. The number of nitriles is 1. The molecule has 1 amide bonds.